The van der Waals surface area contributed by atoms with Gasteiger partial charge in [-0.15, -0.1) is 0 Å². The summed E-state index contributed by atoms with van der Waals surface area (Å²) < 4.78 is 40.5. The van der Waals surface area contributed by atoms with Crippen molar-refractivity contribution in [3.05, 3.63) is 41.7 Å². The summed E-state index contributed by atoms with van der Waals surface area (Å²) in [7, 11) is 0. The van der Waals surface area contributed by atoms with Gasteiger partial charge in [-0.05, 0) is 24.3 Å². The fourth-order valence-electron chi connectivity index (χ4n) is 2.60. The van der Waals surface area contributed by atoms with Crippen molar-refractivity contribution in [2.45, 2.75) is 19.1 Å². The number of carbonyl (C=O) groups excluding carboxylic acids is 1. The van der Waals surface area contributed by atoms with Crippen LogP contribution < -0.4 is 0 Å². The van der Waals surface area contributed by atoms with Crippen LogP contribution in [0.4, 0.5) is 13.2 Å². The summed E-state index contributed by atoms with van der Waals surface area (Å²) in [6.07, 6.45) is -3.56. The Morgan fingerprint density at radius 1 is 1.29 bits per heavy atom. The smallest absolute Gasteiger partial charge is 0.339 e. The third-order valence-corrected chi connectivity index (χ3v) is 4.00. The van der Waals surface area contributed by atoms with E-state index >= 15 is 0 Å². The van der Waals surface area contributed by atoms with Crippen molar-refractivity contribution in [3.8, 4) is 17.5 Å². The number of alkyl halides is 3. The number of nitriles is 1. The normalized spacial score (nSPS) is 15.0. The van der Waals surface area contributed by atoms with Crippen molar-refractivity contribution in [1.29, 1.82) is 5.26 Å². The van der Waals surface area contributed by atoms with E-state index in [4.69, 9.17) is 5.26 Å². The van der Waals surface area contributed by atoms with Gasteiger partial charge >= 0.3 is 6.18 Å². The van der Waals surface area contributed by atoms with Crippen LogP contribution in [0.1, 0.15) is 24.2 Å². The third-order valence-electron chi connectivity index (χ3n) is 4.00. The van der Waals surface area contributed by atoms with Gasteiger partial charge in [-0.25, -0.2) is 4.98 Å². The second-order valence-corrected chi connectivity index (χ2v) is 5.62. The van der Waals surface area contributed by atoms with Gasteiger partial charge in [-0.3, -0.25) is 4.79 Å². The molecule has 1 saturated heterocycles. The number of aromatic nitrogens is 2. The van der Waals surface area contributed by atoms with Gasteiger partial charge in [-0.2, -0.15) is 18.4 Å². The number of nitrogens with zero attached hydrogens (tertiary/aromatic N) is 4. The van der Waals surface area contributed by atoms with E-state index in [9.17, 15) is 18.0 Å². The van der Waals surface area contributed by atoms with Crippen LogP contribution in [0.5, 0.6) is 0 Å². The average Bonchev–Trinajstić information content (AvgIpc) is 2.90. The SMILES string of the molecule is CC(=O)N1CC(n2cc(C(F)(F)F)nc2-c2ccc(C#N)cc2)C1. The van der Waals surface area contributed by atoms with E-state index in [1.165, 1.54) is 23.6 Å². The molecule has 5 nitrogen and oxygen atoms in total. The molecule has 0 unspecified atom stereocenters. The molecule has 0 spiro atoms. The van der Waals surface area contributed by atoms with E-state index in [0.717, 1.165) is 6.20 Å². The summed E-state index contributed by atoms with van der Waals surface area (Å²) in [5.74, 6) is 0.0716. The fourth-order valence-corrected chi connectivity index (χ4v) is 2.60. The number of amides is 1. The van der Waals surface area contributed by atoms with Crippen molar-refractivity contribution in [1.82, 2.24) is 14.5 Å². The van der Waals surface area contributed by atoms with Crippen molar-refractivity contribution < 1.29 is 18.0 Å². The van der Waals surface area contributed by atoms with Crippen LogP contribution in [0, 0.1) is 11.3 Å². The molecule has 0 saturated carbocycles. The highest BCUT2D eigenvalue weighted by atomic mass is 19.4. The average molecular weight is 334 g/mol. The van der Waals surface area contributed by atoms with Gasteiger partial charge in [0.1, 0.15) is 5.82 Å². The van der Waals surface area contributed by atoms with Crippen LogP contribution in [0.15, 0.2) is 30.5 Å². The monoisotopic (exact) mass is 334 g/mol. The van der Waals surface area contributed by atoms with Crippen LogP contribution in [0.2, 0.25) is 0 Å². The second kappa shape index (κ2) is 5.67. The summed E-state index contributed by atoms with van der Waals surface area (Å²) in [6.45, 7) is 2.13. The Labute approximate surface area is 135 Å². The van der Waals surface area contributed by atoms with Crippen molar-refractivity contribution in [2.75, 3.05) is 13.1 Å². The van der Waals surface area contributed by atoms with E-state index < -0.39 is 11.9 Å². The molecule has 124 valence electrons. The van der Waals surface area contributed by atoms with Crippen molar-refractivity contribution in [2.24, 2.45) is 0 Å². The maximum atomic E-state index is 13.0. The Morgan fingerprint density at radius 2 is 1.92 bits per heavy atom. The largest absolute Gasteiger partial charge is 0.434 e. The molecule has 0 N–H and O–H groups in total. The van der Waals surface area contributed by atoms with Crippen LogP contribution in [0.25, 0.3) is 11.4 Å². The molecule has 1 aliphatic rings. The van der Waals surface area contributed by atoms with Crippen LogP contribution in [-0.4, -0.2) is 33.4 Å². The second-order valence-electron chi connectivity index (χ2n) is 5.62. The Morgan fingerprint density at radius 3 is 2.42 bits per heavy atom. The molecule has 8 heteroatoms. The standard InChI is InChI=1S/C16H13F3N4O/c1-10(24)22-7-13(8-22)23-9-14(16(17,18)19)21-15(23)12-4-2-11(6-20)3-5-12/h2-5,9,13H,7-8H2,1H3. The number of hydrogen-bond donors (Lipinski definition) is 0. The molecule has 2 heterocycles. The molecule has 0 aliphatic carbocycles. The molecule has 0 bridgehead atoms. The van der Waals surface area contributed by atoms with E-state index in [0.29, 0.717) is 24.2 Å². The van der Waals surface area contributed by atoms with Crippen LogP contribution >= 0.6 is 0 Å². The van der Waals surface area contributed by atoms with Gasteiger partial charge in [0.2, 0.25) is 5.91 Å². The fraction of sp³-hybridized carbons (Fsp3) is 0.312. The molecule has 1 aliphatic heterocycles. The minimum atomic E-state index is -4.55. The molecule has 1 aromatic carbocycles. The zero-order chi connectivity index (χ0) is 17.5. The van der Waals surface area contributed by atoms with E-state index in [-0.39, 0.29) is 17.8 Å². The van der Waals surface area contributed by atoms with Gasteiger partial charge < -0.3 is 9.47 Å². The predicted octanol–water partition coefficient (Wildman–Crippen LogP) is 2.84. The van der Waals surface area contributed by atoms with Gasteiger partial charge in [0.25, 0.3) is 0 Å². The lowest BCUT2D eigenvalue weighted by Gasteiger charge is -2.39. The molecule has 24 heavy (non-hydrogen) atoms. The first-order valence-corrected chi connectivity index (χ1v) is 7.21. The first-order valence-electron chi connectivity index (χ1n) is 7.21. The zero-order valence-corrected chi connectivity index (χ0v) is 12.7. The summed E-state index contributed by atoms with van der Waals surface area (Å²) in [4.78, 5) is 16.6. The molecule has 2 aromatic rings. The molecular weight excluding hydrogens is 321 g/mol. The molecule has 1 amide bonds. The molecule has 1 aromatic heterocycles. The molecule has 0 radical (unpaired) electrons. The number of rotatable bonds is 2. The Kier molecular flexibility index (Phi) is 3.79. The van der Waals surface area contributed by atoms with Gasteiger partial charge in [0, 0.05) is 31.8 Å². The Bertz CT molecular complexity index is 811. The maximum absolute atomic E-state index is 13.0. The molecule has 1 fully saturated rings. The topological polar surface area (TPSA) is 61.9 Å². The summed E-state index contributed by atoms with van der Waals surface area (Å²) in [6, 6.07) is 7.92. The molecule has 3 rings (SSSR count). The number of halogens is 3. The lowest BCUT2D eigenvalue weighted by molar-refractivity contribution is -0.141. The van der Waals surface area contributed by atoms with Crippen molar-refractivity contribution in [3.63, 3.8) is 0 Å². The third kappa shape index (κ3) is 2.85. The summed E-state index contributed by atoms with van der Waals surface area (Å²) >= 11 is 0. The lowest BCUT2D eigenvalue weighted by atomic mass is 10.1. The highest BCUT2D eigenvalue weighted by molar-refractivity contribution is 5.74. The Balaban J connectivity index is 1.99. The van der Waals surface area contributed by atoms with Crippen molar-refractivity contribution >= 4 is 5.91 Å². The van der Waals surface area contributed by atoms with Crippen LogP contribution in [0.3, 0.4) is 0 Å². The predicted molar refractivity (Wildman–Crippen MR) is 78.7 cm³/mol. The maximum Gasteiger partial charge on any atom is 0.434 e. The summed E-state index contributed by atoms with van der Waals surface area (Å²) in [5.41, 5.74) is -0.0618. The van der Waals surface area contributed by atoms with E-state index in [2.05, 4.69) is 4.98 Å². The number of likely N-dealkylation sites (tertiary alicyclic amines) is 1. The first kappa shape index (κ1) is 16.1. The molecule has 0 atom stereocenters. The highest BCUT2D eigenvalue weighted by Gasteiger charge is 2.38. The quantitative estimate of drug-likeness (QED) is 0.848. The minimum Gasteiger partial charge on any atom is -0.339 e. The van der Waals surface area contributed by atoms with Gasteiger partial charge in [0.15, 0.2) is 5.69 Å². The Hall–Kier alpha value is -2.82. The molecular formula is C16H13F3N4O. The number of carbonyl (C=O) groups is 1. The summed E-state index contributed by atoms with van der Waals surface area (Å²) in [5, 5.41) is 8.82. The number of benzene rings is 1. The first-order chi connectivity index (χ1) is 11.3. The van der Waals surface area contributed by atoms with Gasteiger partial charge in [-0.1, -0.05) is 0 Å². The van der Waals surface area contributed by atoms with E-state index in [1.807, 2.05) is 6.07 Å². The number of imidazole rings is 1. The van der Waals surface area contributed by atoms with Gasteiger partial charge in [0.05, 0.1) is 17.7 Å². The zero-order valence-electron chi connectivity index (χ0n) is 12.7. The number of hydrogen-bond acceptors (Lipinski definition) is 3. The van der Waals surface area contributed by atoms with Crippen LogP contribution in [-0.2, 0) is 11.0 Å². The van der Waals surface area contributed by atoms with E-state index in [1.54, 1.807) is 17.0 Å². The highest BCUT2D eigenvalue weighted by Crippen LogP contribution is 2.34. The lowest BCUT2D eigenvalue weighted by Crippen LogP contribution is -2.49. The minimum absolute atomic E-state index is 0.109.